The van der Waals surface area contributed by atoms with Gasteiger partial charge in [0.05, 0.1) is 17.1 Å². The van der Waals surface area contributed by atoms with Gasteiger partial charge in [-0.25, -0.2) is 0 Å². The molecule has 2 saturated carbocycles. The standard InChI is InChI=1S/C23H30N2O4S2/c1-15-8-6-7-9-18(15)19(13-24)16(2)21(30-5)25-29-31(27,28)14-23-11-10-17(12-20(23)26)22(23,3)4/h6,8,17H,7,9-12,14H2,1-5H3/b19-16+,25-21-. The van der Waals surface area contributed by atoms with E-state index < -0.39 is 15.5 Å². The Bertz CT molecular complexity index is 1060. The number of carbonyl (C=O) groups excluding carboxylic acids is 1. The van der Waals surface area contributed by atoms with Crippen molar-refractivity contribution >= 4 is 32.7 Å². The lowest BCUT2D eigenvalue weighted by Crippen LogP contribution is -2.42. The van der Waals surface area contributed by atoms with E-state index in [1.54, 1.807) is 13.2 Å². The molecule has 31 heavy (non-hydrogen) atoms. The summed E-state index contributed by atoms with van der Waals surface area (Å²) in [6.07, 6.45) is 9.32. The number of thioether (sulfide) groups is 1. The maximum absolute atomic E-state index is 12.8. The van der Waals surface area contributed by atoms with Crippen molar-refractivity contribution in [1.29, 1.82) is 5.26 Å². The Balaban J connectivity index is 1.87. The Hall–Kier alpha value is -1.85. The molecule has 0 aliphatic heterocycles. The molecule has 168 valence electrons. The normalized spacial score (nSPS) is 28.6. The van der Waals surface area contributed by atoms with Gasteiger partial charge in [0, 0.05) is 12.0 Å². The minimum absolute atomic E-state index is 0.0191. The second kappa shape index (κ2) is 8.59. The van der Waals surface area contributed by atoms with Gasteiger partial charge in [-0.1, -0.05) is 31.2 Å². The Morgan fingerprint density at radius 2 is 2.13 bits per heavy atom. The summed E-state index contributed by atoms with van der Waals surface area (Å²) < 4.78 is 30.8. The minimum atomic E-state index is -4.07. The van der Waals surface area contributed by atoms with E-state index in [2.05, 4.69) is 17.3 Å². The molecule has 2 atom stereocenters. The monoisotopic (exact) mass is 462 g/mol. The lowest BCUT2D eigenvalue weighted by atomic mass is 9.70. The second-order valence-corrected chi connectivity index (χ2v) is 11.6. The molecule has 6 nitrogen and oxygen atoms in total. The largest absolute Gasteiger partial charge is 0.329 e. The average Bonchev–Trinajstić information content (AvgIpc) is 3.04. The fraction of sp³-hybridized carbons (Fsp3) is 0.609. The Morgan fingerprint density at radius 1 is 1.42 bits per heavy atom. The smallest absolute Gasteiger partial charge is 0.299 e. The molecule has 0 heterocycles. The van der Waals surface area contributed by atoms with Crippen LogP contribution in [0.3, 0.4) is 0 Å². The van der Waals surface area contributed by atoms with Gasteiger partial charge in [0.15, 0.2) is 0 Å². The third-order valence-corrected chi connectivity index (χ3v) is 9.42. The molecule has 0 amide bonds. The highest BCUT2D eigenvalue weighted by atomic mass is 32.2. The van der Waals surface area contributed by atoms with E-state index in [-0.39, 0.29) is 22.9 Å². The second-order valence-electron chi connectivity index (χ2n) is 9.26. The molecule has 2 fully saturated rings. The maximum atomic E-state index is 12.8. The molecule has 3 aliphatic rings. The highest BCUT2D eigenvalue weighted by Gasteiger charge is 2.65. The van der Waals surface area contributed by atoms with Crippen LogP contribution in [-0.4, -0.2) is 31.3 Å². The summed E-state index contributed by atoms with van der Waals surface area (Å²) in [6, 6.07) is 2.25. The number of nitriles is 1. The van der Waals surface area contributed by atoms with E-state index in [1.807, 2.05) is 26.8 Å². The van der Waals surface area contributed by atoms with Crippen molar-refractivity contribution in [3.8, 4) is 6.07 Å². The average molecular weight is 463 g/mol. The van der Waals surface area contributed by atoms with Crippen molar-refractivity contribution in [2.24, 2.45) is 21.9 Å². The first-order valence-electron chi connectivity index (χ1n) is 10.5. The molecule has 0 saturated heterocycles. The van der Waals surface area contributed by atoms with Crippen molar-refractivity contribution < 1.29 is 17.5 Å². The number of rotatable bonds is 6. The van der Waals surface area contributed by atoms with Crippen LogP contribution in [0.25, 0.3) is 0 Å². The van der Waals surface area contributed by atoms with Crippen molar-refractivity contribution in [3.63, 3.8) is 0 Å². The van der Waals surface area contributed by atoms with E-state index >= 15 is 0 Å². The zero-order chi connectivity index (χ0) is 23.0. The molecule has 0 radical (unpaired) electrons. The van der Waals surface area contributed by atoms with Gasteiger partial charge in [-0.15, -0.1) is 11.8 Å². The summed E-state index contributed by atoms with van der Waals surface area (Å²) in [6.45, 7) is 7.69. The van der Waals surface area contributed by atoms with Crippen LogP contribution < -0.4 is 0 Å². The summed E-state index contributed by atoms with van der Waals surface area (Å²) in [4.78, 5) is 12.7. The number of allylic oxidation sites excluding steroid dienone is 5. The first kappa shape index (κ1) is 23.8. The summed E-state index contributed by atoms with van der Waals surface area (Å²) >= 11 is 1.23. The quantitative estimate of drug-likeness (QED) is 0.241. The van der Waals surface area contributed by atoms with Crippen molar-refractivity contribution in [1.82, 2.24) is 0 Å². The van der Waals surface area contributed by atoms with E-state index in [4.69, 9.17) is 4.28 Å². The zero-order valence-electron chi connectivity index (χ0n) is 18.8. The number of nitrogens with zero attached hydrogens (tertiary/aromatic N) is 2. The van der Waals surface area contributed by atoms with Gasteiger partial charge in [0.25, 0.3) is 0 Å². The number of carbonyl (C=O) groups is 1. The van der Waals surface area contributed by atoms with E-state index in [1.165, 1.54) is 11.8 Å². The first-order valence-corrected chi connectivity index (χ1v) is 13.3. The first-order chi connectivity index (χ1) is 14.5. The Kier molecular flexibility index (Phi) is 6.60. The fourth-order valence-electron chi connectivity index (χ4n) is 5.38. The minimum Gasteiger partial charge on any atom is -0.299 e. The van der Waals surface area contributed by atoms with Crippen LogP contribution in [0.2, 0.25) is 0 Å². The summed E-state index contributed by atoms with van der Waals surface area (Å²) in [5.74, 6) is -0.105. The van der Waals surface area contributed by atoms with Gasteiger partial charge in [0.2, 0.25) is 0 Å². The molecule has 0 aromatic heterocycles. The van der Waals surface area contributed by atoms with E-state index in [0.29, 0.717) is 29.0 Å². The van der Waals surface area contributed by atoms with Gasteiger partial charge in [-0.3, -0.25) is 9.08 Å². The number of oxime groups is 1. The summed E-state index contributed by atoms with van der Waals surface area (Å²) in [5, 5.41) is 14.0. The number of ketones is 1. The molecular weight excluding hydrogens is 432 g/mol. The van der Waals surface area contributed by atoms with Gasteiger partial charge in [0.1, 0.15) is 16.6 Å². The molecule has 0 N–H and O–H groups in total. The topological polar surface area (TPSA) is 96.6 Å². The molecule has 2 unspecified atom stereocenters. The highest BCUT2D eigenvalue weighted by molar-refractivity contribution is 8.13. The third-order valence-electron chi connectivity index (χ3n) is 7.50. The molecule has 0 spiro atoms. The van der Waals surface area contributed by atoms with Gasteiger partial charge in [-0.2, -0.15) is 13.7 Å². The molecule has 0 aromatic rings. The zero-order valence-corrected chi connectivity index (χ0v) is 20.5. The fourth-order valence-corrected chi connectivity index (χ4v) is 7.47. The lowest BCUT2D eigenvalue weighted by Gasteiger charge is -2.35. The third kappa shape index (κ3) is 4.14. The van der Waals surface area contributed by atoms with Crippen molar-refractivity contribution in [2.75, 3.05) is 12.0 Å². The molecule has 0 aromatic carbocycles. The molecule has 8 heteroatoms. The molecule has 3 rings (SSSR count). The SMILES string of the molecule is CSC(=N\OS(=O)(=O)CC12CCC(CC1=O)C2(C)C)/C(C)=C(\C#N)C1=C(C)C=CCC1. The number of hydrogen-bond acceptors (Lipinski definition) is 7. The Morgan fingerprint density at radius 3 is 2.65 bits per heavy atom. The maximum Gasteiger partial charge on any atom is 0.329 e. The molecular formula is C23H30N2O4S2. The number of hydrogen-bond donors (Lipinski definition) is 0. The summed E-state index contributed by atoms with van der Waals surface area (Å²) in [7, 11) is -4.07. The van der Waals surface area contributed by atoms with Crippen LogP contribution in [0.4, 0.5) is 0 Å². The van der Waals surface area contributed by atoms with E-state index in [0.717, 1.165) is 30.4 Å². The van der Waals surface area contributed by atoms with Crippen LogP contribution >= 0.6 is 11.8 Å². The summed E-state index contributed by atoms with van der Waals surface area (Å²) in [5.41, 5.74) is 1.79. The number of Topliss-reactive ketones (excluding diaryl/α,β-unsaturated/α-hetero) is 1. The predicted molar refractivity (Wildman–Crippen MR) is 124 cm³/mol. The predicted octanol–water partition coefficient (Wildman–Crippen LogP) is 4.91. The molecule has 2 bridgehead atoms. The lowest BCUT2D eigenvalue weighted by molar-refractivity contribution is -0.128. The van der Waals surface area contributed by atoms with E-state index in [9.17, 15) is 18.5 Å². The van der Waals surface area contributed by atoms with Crippen LogP contribution in [0, 0.1) is 28.1 Å². The van der Waals surface area contributed by atoms with Crippen molar-refractivity contribution in [3.05, 3.63) is 34.4 Å². The van der Waals surface area contributed by atoms with Crippen LogP contribution in [0.15, 0.2) is 39.6 Å². The Labute approximate surface area is 189 Å². The van der Waals surface area contributed by atoms with Gasteiger partial charge in [-0.05, 0) is 68.3 Å². The van der Waals surface area contributed by atoms with Gasteiger partial charge < -0.3 is 0 Å². The number of fused-ring (bicyclic) bond motifs is 2. The van der Waals surface area contributed by atoms with Crippen LogP contribution in [0.5, 0.6) is 0 Å². The van der Waals surface area contributed by atoms with Crippen LogP contribution in [-0.2, 0) is 19.2 Å². The van der Waals surface area contributed by atoms with Gasteiger partial charge >= 0.3 is 10.1 Å². The highest BCUT2D eigenvalue weighted by Crippen LogP contribution is 2.64. The van der Waals surface area contributed by atoms with Crippen LogP contribution in [0.1, 0.15) is 59.8 Å². The van der Waals surface area contributed by atoms with Crippen molar-refractivity contribution in [2.45, 2.75) is 59.8 Å². The molecule has 3 aliphatic carbocycles.